The molecule has 2 atom stereocenters. The summed E-state index contributed by atoms with van der Waals surface area (Å²) in [6.45, 7) is 6.31. The number of nitrogens with two attached hydrogens (primary N) is 1. The van der Waals surface area contributed by atoms with Crippen molar-refractivity contribution in [1.82, 2.24) is 5.06 Å². The average molecular weight is 186 g/mol. The van der Waals surface area contributed by atoms with Gasteiger partial charge in [0.1, 0.15) is 5.60 Å². The highest BCUT2D eigenvalue weighted by Gasteiger charge is 2.39. The van der Waals surface area contributed by atoms with E-state index in [0.717, 1.165) is 6.42 Å². The van der Waals surface area contributed by atoms with Crippen LogP contribution in [0.5, 0.6) is 0 Å². The van der Waals surface area contributed by atoms with Gasteiger partial charge in [0.05, 0.1) is 13.0 Å². The van der Waals surface area contributed by atoms with Gasteiger partial charge in [-0.25, -0.2) is 5.06 Å². The van der Waals surface area contributed by atoms with E-state index in [1.807, 2.05) is 20.8 Å². The largest absolute Gasteiger partial charge is 0.326 e. The summed E-state index contributed by atoms with van der Waals surface area (Å²) in [4.78, 5) is 17.0. The van der Waals surface area contributed by atoms with Crippen molar-refractivity contribution in [3.8, 4) is 0 Å². The maximum absolute atomic E-state index is 11.4. The molecule has 2 N–H and O–H groups in total. The highest BCUT2D eigenvalue weighted by Crippen LogP contribution is 2.29. The Labute approximate surface area is 79.0 Å². The SMILES string of the molecule is CCC1(C)CC(=O)N(CC(C)N)O1. The Morgan fingerprint density at radius 3 is 2.77 bits per heavy atom. The first-order chi connectivity index (χ1) is 5.97. The molecule has 0 radical (unpaired) electrons. The molecule has 13 heavy (non-hydrogen) atoms. The maximum Gasteiger partial charge on any atom is 0.249 e. The minimum atomic E-state index is -0.314. The summed E-state index contributed by atoms with van der Waals surface area (Å²) in [5, 5.41) is 1.40. The van der Waals surface area contributed by atoms with Gasteiger partial charge in [0.15, 0.2) is 0 Å². The normalized spacial score (nSPS) is 31.1. The molecule has 4 heteroatoms. The third-order valence-electron chi connectivity index (χ3n) is 2.34. The first-order valence-corrected chi connectivity index (χ1v) is 4.72. The second-order valence-electron chi connectivity index (χ2n) is 4.00. The monoisotopic (exact) mass is 186 g/mol. The minimum absolute atomic E-state index is 0.0387. The molecule has 76 valence electrons. The second kappa shape index (κ2) is 3.64. The van der Waals surface area contributed by atoms with E-state index >= 15 is 0 Å². The van der Waals surface area contributed by atoms with E-state index in [1.165, 1.54) is 5.06 Å². The van der Waals surface area contributed by atoms with Crippen molar-refractivity contribution in [2.45, 2.75) is 45.3 Å². The van der Waals surface area contributed by atoms with Gasteiger partial charge in [0.2, 0.25) is 5.91 Å². The van der Waals surface area contributed by atoms with E-state index in [2.05, 4.69) is 0 Å². The lowest BCUT2D eigenvalue weighted by molar-refractivity contribution is -0.196. The molecule has 0 aromatic rings. The van der Waals surface area contributed by atoms with Crippen LogP contribution in [-0.4, -0.2) is 29.2 Å². The number of amides is 1. The van der Waals surface area contributed by atoms with Crippen LogP contribution in [0.15, 0.2) is 0 Å². The van der Waals surface area contributed by atoms with Gasteiger partial charge in [-0.1, -0.05) is 6.92 Å². The molecule has 0 spiro atoms. The standard InChI is InChI=1S/C9H18N2O2/c1-4-9(3)5-8(12)11(13-9)6-7(2)10/h7H,4-6,10H2,1-3H3. The van der Waals surface area contributed by atoms with Crippen molar-refractivity contribution in [1.29, 1.82) is 0 Å². The minimum Gasteiger partial charge on any atom is -0.326 e. The molecular formula is C9H18N2O2. The van der Waals surface area contributed by atoms with E-state index in [1.54, 1.807) is 0 Å². The van der Waals surface area contributed by atoms with Gasteiger partial charge in [0, 0.05) is 6.04 Å². The number of hydroxylamine groups is 2. The molecule has 1 heterocycles. The Balaban J connectivity index is 2.56. The van der Waals surface area contributed by atoms with Gasteiger partial charge in [-0.2, -0.15) is 0 Å². The molecular weight excluding hydrogens is 168 g/mol. The summed E-state index contributed by atoms with van der Waals surface area (Å²) >= 11 is 0. The summed E-state index contributed by atoms with van der Waals surface area (Å²) < 4.78 is 0. The Morgan fingerprint density at radius 2 is 2.38 bits per heavy atom. The lowest BCUT2D eigenvalue weighted by atomic mass is 10.0. The summed E-state index contributed by atoms with van der Waals surface area (Å²) in [6.07, 6.45) is 1.31. The Hall–Kier alpha value is -0.610. The van der Waals surface area contributed by atoms with Gasteiger partial charge in [0.25, 0.3) is 0 Å². The fourth-order valence-corrected chi connectivity index (χ4v) is 1.35. The fourth-order valence-electron chi connectivity index (χ4n) is 1.35. The first-order valence-electron chi connectivity index (χ1n) is 4.72. The Bertz CT molecular complexity index is 206. The molecule has 1 aliphatic rings. The maximum atomic E-state index is 11.4. The smallest absolute Gasteiger partial charge is 0.249 e. The average Bonchev–Trinajstić information content (AvgIpc) is 2.27. The van der Waals surface area contributed by atoms with Crippen molar-refractivity contribution < 1.29 is 9.63 Å². The van der Waals surface area contributed by atoms with Crippen LogP contribution < -0.4 is 5.73 Å². The molecule has 0 aromatic heterocycles. The number of carbonyl (C=O) groups excluding carboxylic acids is 1. The van der Waals surface area contributed by atoms with Crippen molar-refractivity contribution in [2.24, 2.45) is 5.73 Å². The van der Waals surface area contributed by atoms with E-state index in [-0.39, 0.29) is 17.6 Å². The van der Waals surface area contributed by atoms with Crippen molar-refractivity contribution >= 4 is 5.91 Å². The highest BCUT2D eigenvalue weighted by molar-refractivity contribution is 5.77. The summed E-state index contributed by atoms with van der Waals surface area (Å²) in [7, 11) is 0. The fraction of sp³-hybridized carbons (Fsp3) is 0.889. The molecule has 1 fully saturated rings. The quantitative estimate of drug-likeness (QED) is 0.704. The third-order valence-corrected chi connectivity index (χ3v) is 2.34. The summed E-state index contributed by atoms with van der Waals surface area (Å²) in [6, 6.07) is -0.0387. The zero-order valence-electron chi connectivity index (χ0n) is 8.54. The third kappa shape index (κ3) is 2.42. The van der Waals surface area contributed by atoms with E-state index in [4.69, 9.17) is 10.6 Å². The number of hydrogen-bond acceptors (Lipinski definition) is 3. The van der Waals surface area contributed by atoms with Gasteiger partial charge in [-0.15, -0.1) is 0 Å². The lowest BCUT2D eigenvalue weighted by Gasteiger charge is -2.23. The van der Waals surface area contributed by atoms with Gasteiger partial charge in [-0.05, 0) is 20.3 Å². The van der Waals surface area contributed by atoms with Crippen LogP contribution in [0.3, 0.4) is 0 Å². The molecule has 4 nitrogen and oxygen atoms in total. The molecule has 1 saturated heterocycles. The number of carbonyl (C=O) groups is 1. The number of nitrogens with zero attached hydrogens (tertiary/aromatic N) is 1. The molecule has 1 rings (SSSR count). The van der Waals surface area contributed by atoms with Crippen molar-refractivity contribution in [3.05, 3.63) is 0 Å². The predicted molar refractivity (Wildman–Crippen MR) is 49.8 cm³/mol. The van der Waals surface area contributed by atoms with Crippen LogP contribution in [-0.2, 0) is 9.63 Å². The van der Waals surface area contributed by atoms with Gasteiger partial charge < -0.3 is 5.73 Å². The molecule has 1 amide bonds. The Morgan fingerprint density at radius 1 is 1.77 bits per heavy atom. The predicted octanol–water partition coefficient (Wildman–Crippen LogP) is 0.666. The highest BCUT2D eigenvalue weighted by atomic mass is 16.7. The van der Waals surface area contributed by atoms with Crippen LogP contribution in [0.2, 0.25) is 0 Å². The van der Waals surface area contributed by atoms with Crippen molar-refractivity contribution in [3.63, 3.8) is 0 Å². The summed E-state index contributed by atoms with van der Waals surface area (Å²) in [5.74, 6) is 0.0432. The molecule has 1 aliphatic heterocycles. The topological polar surface area (TPSA) is 55.6 Å². The molecule has 0 aromatic carbocycles. The van der Waals surface area contributed by atoms with E-state index < -0.39 is 0 Å². The number of hydrogen-bond donors (Lipinski definition) is 1. The molecule has 0 aliphatic carbocycles. The molecule has 0 saturated carbocycles. The molecule has 2 unspecified atom stereocenters. The van der Waals surface area contributed by atoms with Gasteiger partial charge >= 0.3 is 0 Å². The van der Waals surface area contributed by atoms with Crippen LogP contribution in [0, 0.1) is 0 Å². The number of rotatable bonds is 3. The van der Waals surface area contributed by atoms with Crippen molar-refractivity contribution in [2.75, 3.05) is 6.54 Å². The molecule has 0 bridgehead atoms. The second-order valence-corrected chi connectivity index (χ2v) is 4.00. The van der Waals surface area contributed by atoms with Crippen LogP contribution in [0.25, 0.3) is 0 Å². The van der Waals surface area contributed by atoms with Crippen LogP contribution >= 0.6 is 0 Å². The van der Waals surface area contributed by atoms with E-state index in [0.29, 0.717) is 13.0 Å². The van der Waals surface area contributed by atoms with E-state index in [9.17, 15) is 4.79 Å². The van der Waals surface area contributed by atoms with Gasteiger partial charge in [-0.3, -0.25) is 9.63 Å². The zero-order valence-corrected chi connectivity index (χ0v) is 8.54. The van der Waals surface area contributed by atoms with Crippen LogP contribution in [0.4, 0.5) is 0 Å². The summed E-state index contributed by atoms with van der Waals surface area (Å²) in [5.41, 5.74) is 5.28. The van der Waals surface area contributed by atoms with Crippen LogP contribution in [0.1, 0.15) is 33.6 Å². The Kier molecular flexibility index (Phi) is 2.93. The first kappa shape index (κ1) is 10.5. The lowest BCUT2D eigenvalue weighted by Crippen LogP contribution is -2.36. The zero-order chi connectivity index (χ0) is 10.1.